The molecule has 0 spiro atoms. The highest BCUT2D eigenvalue weighted by atomic mass is 32.2. The number of fused-ring (bicyclic) bond motifs is 1. The van der Waals surface area contributed by atoms with Crippen molar-refractivity contribution in [2.75, 3.05) is 0 Å². The van der Waals surface area contributed by atoms with E-state index < -0.39 is 0 Å². The van der Waals surface area contributed by atoms with E-state index in [4.69, 9.17) is 0 Å². The third-order valence-corrected chi connectivity index (χ3v) is 4.01. The lowest BCUT2D eigenvalue weighted by Gasteiger charge is -2.03. The lowest BCUT2D eigenvalue weighted by molar-refractivity contribution is 0.108. The number of carbonyl (C=O) groups is 1. The van der Waals surface area contributed by atoms with Crippen LogP contribution < -0.4 is 0 Å². The number of rotatable bonds is 2. The highest BCUT2D eigenvalue weighted by Crippen LogP contribution is 2.28. The van der Waals surface area contributed by atoms with Crippen molar-refractivity contribution >= 4 is 27.9 Å². The van der Waals surface area contributed by atoms with E-state index >= 15 is 0 Å². The van der Waals surface area contributed by atoms with Crippen LogP contribution >= 0.6 is 11.8 Å². The molecule has 100 valence electrons. The summed E-state index contributed by atoms with van der Waals surface area (Å²) >= 11 is 1.02. The lowest BCUT2D eigenvalue weighted by atomic mass is 10.2. The van der Waals surface area contributed by atoms with E-state index in [-0.39, 0.29) is 10.9 Å². The predicted molar refractivity (Wildman–Crippen MR) is 79.0 cm³/mol. The van der Waals surface area contributed by atoms with Gasteiger partial charge in [-0.2, -0.15) is 0 Å². The van der Waals surface area contributed by atoms with Gasteiger partial charge in [0.1, 0.15) is 5.75 Å². The second-order valence-corrected chi connectivity index (χ2v) is 5.29. The normalized spacial score (nSPS) is 10.8. The number of aromatic hydroxyl groups is 1. The Morgan fingerprint density at radius 1 is 1.15 bits per heavy atom. The molecule has 0 aliphatic rings. The summed E-state index contributed by atoms with van der Waals surface area (Å²) in [5.41, 5.74) is 2.12. The molecule has 0 amide bonds. The Kier molecular flexibility index (Phi) is 3.20. The summed E-state index contributed by atoms with van der Waals surface area (Å²) in [5.74, 6) is -0.0104. The van der Waals surface area contributed by atoms with E-state index in [1.807, 2.05) is 35.9 Å². The summed E-state index contributed by atoms with van der Waals surface area (Å²) in [4.78, 5) is 16.6. The fourth-order valence-corrected chi connectivity index (χ4v) is 2.83. The van der Waals surface area contributed by atoms with Crippen LogP contribution in [0.1, 0.15) is 10.4 Å². The third kappa shape index (κ3) is 2.16. The number of aromatic nitrogens is 2. The second-order valence-electron chi connectivity index (χ2n) is 4.35. The van der Waals surface area contributed by atoms with Gasteiger partial charge in [0, 0.05) is 7.05 Å². The predicted octanol–water partition coefficient (Wildman–Crippen LogP) is 3.21. The zero-order valence-electron chi connectivity index (χ0n) is 10.8. The fourth-order valence-electron chi connectivity index (χ4n) is 2.00. The van der Waals surface area contributed by atoms with Crippen LogP contribution in [0.2, 0.25) is 0 Å². The molecule has 0 unspecified atom stereocenters. The van der Waals surface area contributed by atoms with E-state index in [2.05, 4.69) is 4.98 Å². The average molecular weight is 284 g/mol. The molecule has 3 aromatic rings. The third-order valence-electron chi connectivity index (χ3n) is 3.05. The van der Waals surface area contributed by atoms with Gasteiger partial charge in [-0.1, -0.05) is 24.3 Å². The van der Waals surface area contributed by atoms with E-state index in [1.165, 1.54) is 6.07 Å². The van der Waals surface area contributed by atoms with Crippen LogP contribution in [-0.2, 0) is 7.05 Å². The molecule has 4 nitrogen and oxygen atoms in total. The van der Waals surface area contributed by atoms with Crippen molar-refractivity contribution in [2.24, 2.45) is 7.05 Å². The number of hydrogen-bond acceptors (Lipinski definition) is 4. The number of benzene rings is 2. The maximum Gasteiger partial charge on any atom is 0.230 e. The van der Waals surface area contributed by atoms with Crippen LogP contribution in [0.25, 0.3) is 11.0 Å². The molecule has 0 saturated heterocycles. The maximum absolute atomic E-state index is 12.2. The first-order valence-corrected chi connectivity index (χ1v) is 6.90. The van der Waals surface area contributed by atoms with E-state index in [1.54, 1.807) is 18.2 Å². The zero-order valence-corrected chi connectivity index (χ0v) is 11.6. The highest BCUT2D eigenvalue weighted by Gasteiger charge is 2.16. The number of nitrogens with zero attached hydrogens (tertiary/aromatic N) is 2. The summed E-state index contributed by atoms with van der Waals surface area (Å²) in [6.07, 6.45) is 0. The molecule has 0 bridgehead atoms. The Morgan fingerprint density at radius 3 is 2.60 bits per heavy atom. The van der Waals surface area contributed by atoms with Crippen molar-refractivity contribution in [1.29, 1.82) is 0 Å². The van der Waals surface area contributed by atoms with Gasteiger partial charge in [-0.05, 0) is 36.0 Å². The van der Waals surface area contributed by atoms with Gasteiger partial charge in [0.25, 0.3) is 0 Å². The topological polar surface area (TPSA) is 55.1 Å². The molecule has 1 N–H and O–H groups in total. The molecule has 2 aromatic carbocycles. The van der Waals surface area contributed by atoms with Crippen molar-refractivity contribution in [3.8, 4) is 5.75 Å². The SMILES string of the molecule is Cn1c(SC(=O)c2ccccc2O)nc2ccccc21. The van der Waals surface area contributed by atoms with Crippen molar-refractivity contribution < 1.29 is 9.90 Å². The van der Waals surface area contributed by atoms with Crippen LogP contribution in [-0.4, -0.2) is 19.8 Å². The minimum absolute atomic E-state index is 0.0104. The summed E-state index contributed by atoms with van der Waals surface area (Å²) < 4.78 is 1.87. The zero-order chi connectivity index (χ0) is 14.1. The van der Waals surface area contributed by atoms with E-state index in [0.29, 0.717) is 10.7 Å². The molecule has 5 heteroatoms. The van der Waals surface area contributed by atoms with Crippen LogP contribution in [0.15, 0.2) is 53.7 Å². The van der Waals surface area contributed by atoms with Crippen LogP contribution in [0.4, 0.5) is 0 Å². The van der Waals surface area contributed by atoms with Gasteiger partial charge in [-0.3, -0.25) is 4.79 Å². The molecule has 0 saturated carbocycles. The van der Waals surface area contributed by atoms with Gasteiger partial charge in [-0.15, -0.1) is 0 Å². The monoisotopic (exact) mass is 284 g/mol. The van der Waals surface area contributed by atoms with Crippen LogP contribution in [0, 0.1) is 0 Å². The van der Waals surface area contributed by atoms with E-state index in [9.17, 15) is 9.90 Å². The van der Waals surface area contributed by atoms with Gasteiger partial charge < -0.3 is 9.67 Å². The minimum Gasteiger partial charge on any atom is -0.507 e. The van der Waals surface area contributed by atoms with Crippen LogP contribution in [0.3, 0.4) is 0 Å². The molecule has 0 radical (unpaired) electrons. The van der Waals surface area contributed by atoms with E-state index in [0.717, 1.165) is 22.8 Å². The Labute approximate surface area is 120 Å². The van der Waals surface area contributed by atoms with Gasteiger partial charge in [-0.25, -0.2) is 4.98 Å². The molecule has 3 rings (SSSR count). The number of phenolic OH excluding ortho intramolecular Hbond substituents is 1. The van der Waals surface area contributed by atoms with Gasteiger partial charge >= 0.3 is 0 Å². The quantitative estimate of drug-likeness (QED) is 0.734. The second kappa shape index (κ2) is 5.02. The first kappa shape index (κ1) is 12.7. The largest absolute Gasteiger partial charge is 0.507 e. The Bertz CT molecular complexity index is 795. The van der Waals surface area contributed by atoms with Crippen molar-refractivity contribution in [2.45, 2.75) is 5.16 Å². The summed E-state index contributed by atoms with van der Waals surface area (Å²) in [6, 6.07) is 14.2. The van der Waals surface area contributed by atoms with Crippen LogP contribution in [0.5, 0.6) is 5.75 Å². The first-order valence-electron chi connectivity index (χ1n) is 6.08. The van der Waals surface area contributed by atoms with Crippen molar-refractivity contribution in [3.05, 3.63) is 54.1 Å². The standard InChI is InChI=1S/C15H12N2O2S/c1-17-12-8-4-3-7-11(12)16-15(17)20-14(19)10-6-2-5-9-13(10)18/h2-9,18H,1H3. The summed E-state index contributed by atoms with van der Waals surface area (Å²) in [7, 11) is 1.87. The number of thioether (sulfide) groups is 1. The molecule has 0 fully saturated rings. The summed E-state index contributed by atoms with van der Waals surface area (Å²) in [5, 5.41) is 10.1. The molecule has 0 aliphatic carbocycles. The Hall–Kier alpha value is -2.27. The molecule has 1 heterocycles. The Balaban J connectivity index is 1.96. The fraction of sp³-hybridized carbons (Fsp3) is 0.0667. The van der Waals surface area contributed by atoms with Gasteiger partial charge in [0.2, 0.25) is 5.12 Å². The number of phenols is 1. The van der Waals surface area contributed by atoms with Gasteiger partial charge in [0.15, 0.2) is 5.16 Å². The highest BCUT2D eigenvalue weighted by molar-refractivity contribution is 8.14. The molecule has 1 aromatic heterocycles. The number of para-hydroxylation sites is 3. The molecule has 0 atom stereocenters. The minimum atomic E-state index is -0.221. The van der Waals surface area contributed by atoms with Crippen molar-refractivity contribution in [1.82, 2.24) is 9.55 Å². The molecule has 0 aliphatic heterocycles. The first-order chi connectivity index (χ1) is 9.66. The Morgan fingerprint density at radius 2 is 1.85 bits per heavy atom. The molecule has 20 heavy (non-hydrogen) atoms. The lowest BCUT2D eigenvalue weighted by Crippen LogP contribution is -1.98. The maximum atomic E-state index is 12.2. The van der Waals surface area contributed by atoms with Crippen molar-refractivity contribution in [3.63, 3.8) is 0 Å². The number of aryl methyl sites for hydroxylation is 1. The molecular formula is C15H12N2O2S. The summed E-state index contributed by atoms with van der Waals surface area (Å²) in [6.45, 7) is 0. The number of carbonyl (C=O) groups excluding carboxylic acids is 1. The average Bonchev–Trinajstić information content (AvgIpc) is 2.76. The molecular weight excluding hydrogens is 272 g/mol. The van der Waals surface area contributed by atoms with Gasteiger partial charge in [0.05, 0.1) is 16.6 Å². The number of hydrogen-bond donors (Lipinski definition) is 1. The number of imidazole rings is 1. The smallest absolute Gasteiger partial charge is 0.230 e.